The van der Waals surface area contributed by atoms with Gasteiger partial charge in [0.2, 0.25) is 0 Å². The summed E-state index contributed by atoms with van der Waals surface area (Å²) in [4.78, 5) is 9.22. The molecular weight excluding hydrogens is 420 g/mol. The molecule has 0 saturated carbocycles. The summed E-state index contributed by atoms with van der Waals surface area (Å²) in [5, 5.41) is 13.8. The molecule has 0 amide bonds. The van der Waals surface area contributed by atoms with Crippen molar-refractivity contribution in [1.82, 2.24) is 4.90 Å². The van der Waals surface area contributed by atoms with E-state index in [-0.39, 0.29) is 5.92 Å². The molecule has 0 N–H and O–H groups in total. The Balaban J connectivity index is 1.90. The maximum Gasteiger partial charge on any atom is 0.259 e. The van der Waals surface area contributed by atoms with Gasteiger partial charge in [-0.2, -0.15) is 0 Å². The first-order chi connectivity index (χ1) is 16.0. The van der Waals surface area contributed by atoms with E-state index in [1.165, 1.54) is 0 Å². The van der Waals surface area contributed by atoms with Crippen molar-refractivity contribution in [2.45, 2.75) is 44.6 Å². The summed E-state index contributed by atoms with van der Waals surface area (Å²) < 4.78 is 18.1. The minimum atomic E-state index is -1.16. The van der Waals surface area contributed by atoms with E-state index in [1.807, 2.05) is 69.3 Å². The van der Waals surface area contributed by atoms with E-state index in [1.54, 1.807) is 0 Å². The fraction of sp³-hybridized carbons (Fsp3) is 0.500. The minimum Gasteiger partial charge on any atom is -0.379 e. The number of hydrogen-bond donors (Lipinski definition) is 0. The molecule has 0 aliphatic carbocycles. The van der Waals surface area contributed by atoms with Crippen LogP contribution in [0.5, 0.6) is 0 Å². The topological polar surface area (TPSA) is 66.2 Å². The van der Waals surface area contributed by atoms with E-state index in [0.717, 1.165) is 11.1 Å². The van der Waals surface area contributed by atoms with E-state index in [2.05, 4.69) is 17.0 Å². The number of hydrogen-bond acceptors (Lipinski definition) is 6. The summed E-state index contributed by atoms with van der Waals surface area (Å²) in [7, 11) is 0. The molecule has 33 heavy (non-hydrogen) atoms. The number of ether oxygens (including phenoxy) is 3. The van der Waals surface area contributed by atoms with E-state index in [4.69, 9.17) is 19.0 Å². The molecule has 2 heterocycles. The molecule has 2 aromatic rings. The lowest BCUT2D eigenvalue weighted by Crippen LogP contribution is -2.71. The Kier molecular flexibility index (Phi) is 7.34. The molecular formula is C26H34N2O5. The van der Waals surface area contributed by atoms with Crippen molar-refractivity contribution in [1.29, 1.82) is 0 Å². The summed E-state index contributed by atoms with van der Waals surface area (Å²) in [6.07, 6.45) is 0.497. The van der Waals surface area contributed by atoms with Crippen molar-refractivity contribution in [3.05, 3.63) is 77.0 Å². The SMILES string of the molecule is CCOC(C)(OCC)[C@]1(N2CCOCC2)C[C@H](c2ccccc2)C(c2ccccc2)=[N+]([O-])O1. The molecule has 178 valence electrons. The highest BCUT2D eigenvalue weighted by Gasteiger charge is 2.60. The average Bonchev–Trinajstić information content (AvgIpc) is 2.85. The van der Waals surface area contributed by atoms with E-state index in [9.17, 15) is 5.21 Å². The van der Waals surface area contributed by atoms with Crippen LogP contribution in [0.25, 0.3) is 0 Å². The van der Waals surface area contributed by atoms with Crippen LogP contribution < -0.4 is 0 Å². The first-order valence-corrected chi connectivity index (χ1v) is 11.8. The van der Waals surface area contributed by atoms with Gasteiger partial charge in [-0.25, -0.2) is 0 Å². The first-order valence-electron chi connectivity index (χ1n) is 11.8. The Morgan fingerprint density at radius 3 is 2.15 bits per heavy atom. The highest BCUT2D eigenvalue weighted by atomic mass is 16.9. The van der Waals surface area contributed by atoms with Gasteiger partial charge in [-0.1, -0.05) is 48.5 Å². The van der Waals surface area contributed by atoms with E-state index < -0.39 is 11.5 Å². The van der Waals surface area contributed by atoms with Gasteiger partial charge < -0.3 is 19.0 Å². The maximum absolute atomic E-state index is 13.8. The van der Waals surface area contributed by atoms with Crippen molar-refractivity contribution < 1.29 is 24.0 Å². The fourth-order valence-corrected chi connectivity index (χ4v) is 5.09. The number of benzene rings is 2. The molecule has 0 unspecified atom stereocenters. The Labute approximate surface area is 196 Å². The lowest BCUT2D eigenvalue weighted by molar-refractivity contribution is -0.791. The van der Waals surface area contributed by atoms with Crippen LogP contribution >= 0.6 is 0 Å². The molecule has 1 fully saturated rings. The zero-order valence-corrected chi connectivity index (χ0v) is 19.7. The van der Waals surface area contributed by atoms with Crippen LogP contribution in [0.1, 0.15) is 44.2 Å². The van der Waals surface area contributed by atoms with Crippen LogP contribution in [0, 0.1) is 5.21 Å². The third kappa shape index (κ3) is 4.51. The van der Waals surface area contributed by atoms with Gasteiger partial charge in [0.05, 0.1) is 19.1 Å². The monoisotopic (exact) mass is 454 g/mol. The summed E-state index contributed by atoms with van der Waals surface area (Å²) in [6, 6.07) is 19.8. The normalized spacial score (nSPS) is 24.5. The van der Waals surface area contributed by atoms with Gasteiger partial charge in [-0.15, -0.1) is 0 Å². The molecule has 1 saturated heterocycles. The second kappa shape index (κ2) is 10.2. The minimum absolute atomic E-state index is 0.220. The van der Waals surface area contributed by atoms with Crippen LogP contribution in [-0.4, -0.2) is 66.5 Å². The number of morpholine rings is 1. The highest BCUT2D eigenvalue weighted by Crippen LogP contribution is 2.46. The van der Waals surface area contributed by atoms with Gasteiger partial charge in [-0.3, -0.25) is 10.1 Å². The van der Waals surface area contributed by atoms with Crippen molar-refractivity contribution >= 4 is 5.71 Å². The number of nitrogens with zero attached hydrogens (tertiary/aromatic N) is 2. The van der Waals surface area contributed by atoms with Crippen molar-refractivity contribution in [3.63, 3.8) is 0 Å². The average molecular weight is 455 g/mol. The Morgan fingerprint density at radius 1 is 1.00 bits per heavy atom. The molecule has 7 heteroatoms. The molecule has 0 spiro atoms. The third-order valence-electron chi connectivity index (χ3n) is 6.58. The summed E-state index contributed by atoms with van der Waals surface area (Å²) in [5.41, 5.74) is 1.34. The van der Waals surface area contributed by atoms with Crippen LogP contribution in [-0.2, 0) is 19.0 Å². The zero-order valence-electron chi connectivity index (χ0n) is 19.7. The molecule has 7 nitrogen and oxygen atoms in total. The van der Waals surface area contributed by atoms with E-state index in [0.29, 0.717) is 56.6 Å². The molecule has 0 radical (unpaired) electrons. The molecule has 2 aliphatic rings. The molecule has 2 atom stereocenters. The van der Waals surface area contributed by atoms with Crippen LogP contribution in [0.4, 0.5) is 0 Å². The molecule has 0 aromatic heterocycles. The second-order valence-electron chi connectivity index (χ2n) is 8.46. The summed E-state index contributed by atoms with van der Waals surface area (Å²) >= 11 is 0. The Hall–Kier alpha value is -2.45. The van der Waals surface area contributed by atoms with Crippen LogP contribution in [0.3, 0.4) is 0 Å². The summed E-state index contributed by atoms with van der Waals surface area (Å²) in [6.45, 7) is 8.95. The second-order valence-corrected chi connectivity index (χ2v) is 8.46. The Morgan fingerprint density at radius 2 is 1.58 bits per heavy atom. The van der Waals surface area contributed by atoms with Crippen LogP contribution in [0.2, 0.25) is 0 Å². The molecule has 2 aliphatic heterocycles. The first kappa shape index (κ1) is 23.7. The predicted molar refractivity (Wildman–Crippen MR) is 126 cm³/mol. The standard InChI is InChI=1S/C26H34N2O5/c1-4-31-25(3,32-5-2)26(27-16-18-30-19-17-27)20-23(21-12-8-6-9-13-21)24(28(29)33-26)22-14-10-7-11-15-22/h6-15,23H,4-5,16-20H2,1-3H3/t23-,26+/m1/s1. The smallest absolute Gasteiger partial charge is 0.259 e. The molecule has 2 aromatic carbocycles. The lowest BCUT2D eigenvalue weighted by Gasteiger charge is -2.56. The van der Waals surface area contributed by atoms with Crippen molar-refractivity contribution in [2.75, 3.05) is 39.5 Å². The predicted octanol–water partition coefficient (Wildman–Crippen LogP) is 3.92. The fourth-order valence-electron chi connectivity index (χ4n) is 5.09. The van der Waals surface area contributed by atoms with Crippen molar-refractivity contribution in [2.24, 2.45) is 0 Å². The zero-order chi connectivity index (χ0) is 23.3. The van der Waals surface area contributed by atoms with Gasteiger partial charge in [0.25, 0.3) is 5.71 Å². The van der Waals surface area contributed by atoms with Crippen LogP contribution in [0.15, 0.2) is 60.7 Å². The van der Waals surface area contributed by atoms with Gasteiger partial charge in [0.1, 0.15) is 0 Å². The Bertz CT molecular complexity index is 924. The van der Waals surface area contributed by atoms with E-state index >= 15 is 0 Å². The van der Waals surface area contributed by atoms with Gasteiger partial charge >= 0.3 is 0 Å². The lowest BCUT2D eigenvalue weighted by atomic mass is 9.79. The molecule has 4 rings (SSSR count). The highest BCUT2D eigenvalue weighted by molar-refractivity contribution is 6.01. The maximum atomic E-state index is 13.8. The largest absolute Gasteiger partial charge is 0.379 e. The van der Waals surface area contributed by atoms with Crippen molar-refractivity contribution in [3.8, 4) is 0 Å². The third-order valence-corrected chi connectivity index (χ3v) is 6.58. The van der Waals surface area contributed by atoms with Gasteiger partial charge in [-0.05, 0) is 38.5 Å². The number of rotatable bonds is 8. The summed E-state index contributed by atoms with van der Waals surface area (Å²) in [5.74, 6) is -1.38. The van der Waals surface area contributed by atoms with Gasteiger partial charge in [0, 0.05) is 43.2 Å². The van der Waals surface area contributed by atoms with Gasteiger partial charge in [0.15, 0.2) is 11.5 Å². The quantitative estimate of drug-likeness (QED) is 0.445. The molecule has 0 bridgehead atoms.